The van der Waals surface area contributed by atoms with Gasteiger partial charge in [-0.1, -0.05) is 36.4 Å². The van der Waals surface area contributed by atoms with Crippen LogP contribution >= 0.6 is 0 Å². The van der Waals surface area contributed by atoms with Crippen molar-refractivity contribution >= 4 is 0 Å². The molecule has 0 radical (unpaired) electrons. The molecule has 1 rings (SSSR count). The van der Waals surface area contributed by atoms with E-state index in [-0.39, 0.29) is 6.54 Å². The Bertz CT molecular complexity index is 271. The van der Waals surface area contributed by atoms with Gasteiger partial charge in [0.15, 0.2) is 0 Å². The van der Waals surface area contributed by atoms with E-state index in [4.69, 9.17) is 5.73 Å². The second-order valence-corrected chi connectivity index (χ2v) is 3.09. The SMILES string of the molecule is C=CCC(O)(CN)c1ccccc1. The van der Waals surface area contributed by atoms with E-state index in [0.29, 0.717) is 6.42 Å². The van der Waals surface area contributed by atoms with Crippen LogP contribution in [0, 0.1) is 0 Å². The number of hydrogen-bond acceptors (Lipinski definition) is 2. The van der Waals surface area contributed by atoms with Gasteiger partial charge in [-0.2, -0.15) is 0 Å². The Balaban J connectivity index is 2.95. The quantitative estimate of drug-likeness (QED) is 0.683. The monoisotopic (exact) mass is 177 g/mol. The molecule has 0 spiro atoms. The number of aliphatic hydroxyl groups is 1. The van der Waals surface area contributed by atoms with Crippen LogP contribution < -0.4 is 5.73 Å². The standard InChI is InChI=1S/C11H15NO/c1-2-8-11(13,9-12)10-6-4-3-5-7-10/h2-7,13H,1,8-9,12H2. The summed E-state index contributed by atoms with van der Waals surface area (Å²) in [5, 5.41) is 10.1. The minimum Gasteiger partial charge on any atom is -0.384 e. The second-order valence-electron chi connectivity index (χ2n) is 3.09. The van der Waals surface area contributed by atoms with Gasteiger partial charge in [0.1, 0.15) is 5.60 Å². The molecule has 13 heavy (non-hydrogen) atoms. The van der Waals surface area contributed by atoms with Crippen LogP contribution in [0.5, 0.6) is 0 Å². The van der Waals surface area contributed by atoms with Crippen LogP contribution in [0.2, 0.25) is 0 Å². The zero-order valence-corrected chi connectivity index (χ0v) is 7.61. The predicted octanol–water partition coefficient (Wildman–Crippen LogP) is 1.41. The summed E-state index contributed by atoms with van der Waals surface area (Å²) < 4.78 is 0. The van der Waals surface area contributed by atoms with Gasteiger partial charge >= 0.3 is 0 Å². The van der Waals surface area contributed by atoms with Crippen LogP contribution in [-0.4, -0.2) is 11.7 Å². The summed E-state index contributed by atoms with van der Waals surface area (Å²) in [7, 11) is 0. The third-order valence-corrected chi connectivity index (χ3v) is 2.13. The van der Waals surface area contributed by atoms with Gasteiger partial charge in [-0.05, 0) is 12.0 Å². The summed E-state index contributed by atoms with van der Waals surface area (Å²) in [4.78, 5) is 0. The predicted molar refractivity (Wildman–Crippen MR) is 54.2 cm³/mol. The third-order valence-electron chi connectivity index (χ3n) is 2.13. The van der Waals surface area contributed by atoms with Gasteiger partial charge in [0, 0.05) is 6.54 Å². The summed E-state index contributed by atoms with van der Waals surface area (Å²) in [5.74, 6) is 0. The largest absolute Gasteiger partial charge is 0.384 e. The molecule has 1 aromatic carbocycles. The summed E-state index contributed by atoms with van der Waals surface area (Å²) in [6.45, 7) is 3.81. The zero-order valence-electron chi connectivity index (χ0n) is 7.61. The van der Waals surface area contributed by atoms with Gasteiger partial charge < -0.3 is 10.8 Å². The maximum Gasteiger partial charge on any atom is 0.105 e. The normalized spacial score (nSPS) is 14.9. The number of rotatable bonds is 4. The van der Waals surface area contributed by atoms with Gasteiger partial charge in [0.25, 0.3) is 0 Å². The van der Waals surface area contributed by atoms with Crippen molar-refractivity contribution in [1.29, 1.82) is 0 Å². The molecule has 0 aliphatic heterocycles. The Hall–Kier alpha value is -1.12. The summed E-state index contributed by atoms with van der Waals surface area (Å²) in [6.07, 6.45) is 2.16. The smallest absolute Gasteiger partial charge is 0.105 e. The summed E-state index contributed by atoms with van der Waals surface area (Å²) in [5.41, 5.74) is 5.42. The van der Waals surface area contributed by atoms with Gasteiger partial charge in [0.05, 0.1) is 0 Å². The lowest BCUT2D eigenvalue weighted by Gasteiger charge is -2.25. The van der Waals surface area contributed by atoms with Crippen LogP contribution in [0.1, 0.15) is 12.0 Å². The fourth-order valence-corrected chi connectivity index (χ4v) is 1.31. The highest BCUT2D eigenvalue weighted by atomic mass is 16.3. The summed E-state index contributed by atoms with van der Waals surface area (Å²) in [6, 6.07) is 9.43. The molecule has 1 atom stereocenters. The maximum absolute atomic E-state index is 10.1. The van der Waals surface area contributed by atoms with E-state index in [1.165, 1.54) is 0 Å². The Morgan fingerprint density at radius 3 is 2.46 bits per heavy atom. The Labute approximate surface area is 78.7 Å². The first kappa shape index (κ1) is 9.96. The minimum absolute atomic E-state index is 0.211. The molecule has 3 N–H and O–H groups in total. The van der Waals surface area contributed by atoms with E-state index >= 15 is 0 Å². The molecule has 0 aliphatic rings. The van der Waals surface area contributed by atoms with Gasteiger partial charge in [-0.25, -0.2) is 0 Å². The highest BCUT2D eigenvalue weighted by molar-refractivity contribution is 5.23. The molecule has 1 unspecified atom stereocenters. The molecule has 0 amide bonds. The van der Waals surface area contributed by atoms with Crippen molar-refractivity contribution in [3.05, 3.63) is 48.6 Å². The molecule has 0 fully saturated rings. The molecule has 1 aromatic rings. The second kappa shape index (κ2) is 4.21. The average Bonchev–Trinajstić information content (AvgIpc) is 2.19. The van der Waals surface area contributed by atoms with E-state index in [1.807, 2.05) is 30.3 Å². The average molecular weight is 177 g/mol. The molecule has 0 aromatic heterocycles. The third kappa shape index (κ3) is 2.17. The maximum atomic E-state index is 10.1. The first-order chi connectivity index (χ1) is 6.23. The molecular weight excluding hydrogens is 162 g/mol. The van der Waals surface area contributed by atoms with Crippen molar-refractivity contribution in [2.75, 3.05) is 6.54 Å². The Morgan fingerprint density at radius 1 is 1.38 bits per heavy atom. The van der Waals surface area contributed by atoms with E-state index in [1.54, 1.807) is 6.08 Å². The fourth-order valence-electron chi connectivity index (χ4n) is 1.31. The van der Waals surface area contributed by atoms with E-state index in [0.717, 1.165) is 5.56 Å². The molecule has 0 bridgehead atoms. The lowest BCUT2D eigenvalue weighted by atomic mass is 9.91. The Kier molecular flexibility index (Phi) is 3.23. The fraction of sp³-hybridized carbons (Fsp3) is 0.273. The molecule has 0 aliphatic carbocycles. The highest BCUT2D eigenvalue weighted by Gasteiger charge is 2.25. The molecule has 0 saturated heterocycles. The first-order valence-corrected chi connectivity index (χ1v) is 4.32. The molecule has 70 valence electrons. The topological polar surface area (TPSA) is 46.2 Å². The van der Waals surface area contributed by atoms with Crippen LogP contribution in [0.25, 0.3) is 0 Å². The van der Waals surface area contributed by atoms with Crippen LogP contribution in [-0.2, 0) is 5.60 Å². The van der Waals surface area contributed by atoms with Gasteiger partial charge in [-0.15, -0.1) is 6.58 Å². The van der Waals surface area contributed by atoms with Gasteiger partial charge in [0.2, 0.25) is 0 Å². The van der Waals surface area contributed by atoms with E-state index in [9.17, 15) is 5.11 Å². The molecule has 2 heteroatoms. The van der Waals surface area contributed by atoms with Crippen molar-refractivity contribution in [2.45, 2.75) is 12.0 Å². The Morgan fingerprint density at radius 2 is 2.00 bits per heavy atom. The number of benzene rings is 1. The lowest BCUT2D eigenvalue weighted by molar-refractivity contribution is 0.0492. The van der Waals surface area contributed by atoms with Crippen LogP contribution in [0.3, 0.4) is 0 Å². The van der Waals surface area contributed by atoms with Crippen molar-refractivity contribution in [3.63, 3.8) is 0 Å². The molecular formula is C11H15NO. The lowest BCUT2D eigenvalue weighted by Crippen LogP contribution is -2.34. The van der Waals surface area contributed by atoms with Crippen LogP contribution in [0.15, 0.2) is 43.0 Å². The number of hydrogen-bond donors (Lipinski definition) is 2. The van der Waals surface area contributed by atoms with Crippen LogP contribution in [0.4, 0.5) is 0 Å². The molecule has 0 saturated carbocycles. The van der Waals surface area contributed by atoms with Crippen molar-refractivity contribution < 1.29 is 5.11 Å². The molecule has 0 heterocycles. The molecule has 2 nitrogen and oxygen atoms in total. The van der Waals surface area contributed by atoms with Gasteiger partial charge in [-0.3, -0.25) is 0 Å². The van der Waals surface area contributed by atoms with E-state index < -0.39 is 5.60 Å². The first-order valence-electron chi connectivity index (χ1n) is 4.32. The number of nitrogens with two attached hydrogens (primary N) is 1. The summed E-state index contributed by atoms with van der Waals surface area (Å²) >= 11 is 0. The zero-order chi connectivity index (χ0) is 9.73. The van der Waals surface area contributed by atoms with Crippen molar-refractivity contribution in [2.24, 2.45) is 5.73 Å². The van der Waals surface area contributed by atoms with Crippen molar-refractivity contribution in [1.82, 2.24) is 0 Å². The minimum atomic E-state index is -0.955. The van der Waals surface area contributed by atoms with E-state index in [2.05, 4.69) is 6.58 Å². The van der Waals surface area contributed by atoms with Crippen molar-refractivity contribution in [3.8, 4) is 0 Å². The highest BCUT2D eigenvalue weighted by Crippen LogP contribution is 2.23.